The van der Waals surface area contributed by atoms with Crippen molar-refractivity contribution in [3.63, 3.8) is 0 Å². The van der Waals surface area contributed by atoms with E-state index >= 15 is 0 Å². The van der Waals surface area contributed by atoms with Gasteiger partial charge in [-0.1, -0.05) is 11.3 Å². The number of nitrogens with zero attached hydrogens (tertiary/aromatic N) is 6. The molecule has 0 bridgehead atoms. The number of thiazole rings is 1. The predicted octanol–water partition coefficient (Wildman–Crippen LogP) is 0.671. The minimum Gasteiger partial charge on any atom is -0.375 e. The second-order valence-electron chi connectivity index (χ2n) is 5.38. The van der Waals surface area contributed by atoms with Gasteiger partial charge in [-0.15, -0.1) is 10.2 Å². The number of hydrogen-bond donors (Lipinski definition) is 0. The van der Waals surface area contributed by atoms with Crippen LogP contribution < -0.4 is 9.80 Å². The van der Waals surface area contributed by atoms with E-state index in [1.165, 1.54) is 10.6 Å². The van der Waals surface area contributed by atoms with Crippen molar-refractivity contribution >= 4 is 22.4 Å². The van der Waals surface area contributed by atoms with Crippen molar-refractivity contribution in [3.8, 4) is 0 Å². The maximum absolute atomic E-state index is 5.50. The SMILES string of the molecule is Cn1cnnc1N1CCN(c2nc3c(s2)COCC3)CC1. The number of anilines is 2. The molecule has 2 aliphatic rings. The van der Waals surface area contributed by atoms with Crippen LogP contribution in [0, 0.1) is 0 Å². The predicted molar refractivity (Wildman–Crippen MR) is 80.9 cm³/mol. The second kappa shape index (κ2) is 5.27. The summed E-state index contributed by atoms with van der Waals surface area (Å²) >= 11 is 1.78. The summed E-state index contributed by atoms with van der Waals surface area (Å²) in [5.41, 5.74) is 1.23. The Labute approximate surface area is 127 Å². The van der Waals surface area contributed by atoms with Crippen LogP contribution in [0.25, 0.3) is 0 Å². The van der Waals surface area contributed by atoms with Crippen LogP contribution in [-0.4, -0.2) is 52.5 Å². The first-order chi connectivity index (χ1) is 10.3. The summed E-state index contributed by atoms with van der Waals surface area (Å²) in [6, 6.07) is 0. The van der Waals surface area contributed by atoms with Gasteiger partial charge in [0.1, 0.15) is 6.33 Å². The summed E-state index contributed by atoms with van der Waals surface area (Å²) in [4.78, 5) is 10.7. The zero-order chi connectivity index (χ0) is 14.2. The van der Waals surface area contributed by atoms with E-state index in [0.717, 1.165) is 56.9 Å². The third-order valence-corrected chi connectivity index (χ3v) is 5.14. The molecule has 2 aromatic heterocycles. The van der Waals surface area contributed by atoms with Crippen molar-refractivity contribution in [2.24, 2.45) is 7.05 Å². The van der Waals surface area contributed by atoms with E-state index in [1.807, 2.05) is 11.6 Å². The average Bonchev–Trinajstić information content (AvgIpc) is 3.13. The molecule has 0 radical (unpaired) electrons. The highest BCUT2D eigenvalue weighted by atomic mass is 32.1. The number of aromatic nitrogens is 4. The van der Waals surface area contributed by atoms with Crippen LogP contribution in [0.2, 0.25) is 0 Å². The lowest BCUT2D eigenvalue weighted by atomic mass is 10.2. The molecule has 0 saturated carbocycles. The Morgan fingerprint density at radius 3 is 2.71 bits per heavy atom. The zero-order valence-electron chi connectivity index (χ0n) is 12.0. The summed E-state index contributed by atoms with van der Waals surface area (Å²) in [5.74, 6) is 0.946. The largest absolute Gasteiger partial charge is 0.375 e. The van der Waals surface area contributed by atoms with Crippen molar-refractivity contribution in [2.75, 3.05) is 42.6 Å². The topological polar surface area (TPSA) is 59.3 Å². The summed E-state index contributed by atoms with van der Waals surface area (Å²) in [6.07, 6.45) is 2.70. The second-order valence-corrected chi connectivity index (χ2v) is 6.45. The van der Waals surface area contributed by atoms with Crippen LogP contribution in [0.3, 0.4) is 0 Å². The molecule has 4 rings (SSSR count). The standard InChI is InChI=1S/C13H18N6OS/c1-17-9-14-16-12(17)18-3-5-19(6-4-18)13-15-10-2-7-20-8-11(10)21-13/h9H,2-8H2,1H3. The van der Waals surface area contributed by atoms with Crippen molar-refractivity contribution in [2.45, 2.75) is 13.0 Å². The van der Waals surface area contributed by atoms with E-state index < -0.39 is 0 Å². The number of rotatable bonds is 2. The molecule has 4 heterocycles. The highest BCUT2D eigenvalue weighted by molar-refractivity contribution is 7.15. The van der Waals surface area contributed by atoms with Gasteiger partial charge in [-0.05, 0) is 0 Å². The van der Waals surface area contributed by atoms with Gasteiger partial charge in [0.05, 0.1) is 23.8 Å². The van der Waals surface area contributed by atoms with Gasteiger partial charge in [0.2, 0.25) is 5.95 Å². The van der Waals surface area contributed by atoms with E-state index in [2.05, 4.69) is 20.0 Å². The van der Waals surface area contributed by atoms with Gasteiger partial charge in [-0.3, -0.25) is 0 Å². The molecule has 2 aromatic rings. The summed E-state index contributed by atoms with van der Waals surface area (Å²) in [7, 11) is 1.98. The Morgan fingerprint density at radius 1 is 1.19 bits per heavy atom. The zero-order valence-corrected chi connectivity index (χ0v) is 12.8. The fourth-order valence-electron chi connectivity index (χ4n) is 2.81. The van der Waals surface area contributed by atoms with Crippen molar-refractivity contribution in [1.82, 2.24) is 19.7 Å². The number of aryl methyl sites for hydroxylation is 1. The Bertz CT molecular complexity index is 607. The minimum absolute atomic E-state index is 0.728. The lowest BCUT2D eigenvalue weighted by Crippen LogP contribution is -2.47. The highest BCUT2D eigenvalue weighted by Crippen LogP contribution is 2.30. The van der Waals surface area contributed by atoms with Gasteiger partial charge in [0, 0.05) is 39.6 Å². The molecule has 0 atom stereocenters. The van der Waals surface area contributed by atoms with Crippen LogP contribution in [0.5, 0.6) is 0 Å². The maximum atomic E-state index is 5.50. The fourth-order valence-corrected chi connectivity index (χ4v) is 3.90. The molecule has 0 aromatic carbocycles. The molecule has 0 N–H and O–H groups in total. The average molecular weight is 306 g/mol. The summed E-state index contributed by atoms with van der Waals surface area (Å²) in [6.45, 7) is 5.38. The van der Waals surface area contributed by atoms with Crippen molar-refractivity contribution in [3.05, 3.63) is 16.9 Å². The van der Waals surface area contributed by atoms with Crippen LogP contribution in [0.1, 0.15) is 10.6 Å². The van der Waals surface area contributed by atoms with Gasteiger partial charge in [0.25, 0.3) is 0 Å². The molecule has 2 aliphatic heterocycles. The smallest absolute Gasteiger partial charge is 0.226 e. The first-order valence-corrected chi connectivity index (χ1v) is 8.03. The molecule has 0 amide bonds. The van der Waals surface area contributed by atoms with Gasteiger partial charge >= 0.3 is 0 Å². The van der Waals surface area contributed by atoms with E-state index in [9.17, 15) is 0 Å². The summed E-state index contributed by atoms with van der Waals surface area (Å²) in [5, 5.41) is 9.27. The molecule has 1 fully saturated rings. The lowest BCUT2D eigenvalue weighted by molar-refractivity contribution is 0.112. The normalized spacial score (nSPS) is 18.9. The van der Waals surface area contributed by atoms with Crippen molar-refractivity contribution in [1.29, 1.82) is 0 Å². The van der Waals surface area contributed by atoms with Gasteiger partial charge in [0.15, 0.2) is 5.13 Å². The molecule has 7 nitrogen and oxygen atoms in total. The van der Waals surface area contributed by atoms with E-state index in [-0.39, 0.29) is 0 Å². The number of fused-ring (bicyclic) bond motifs is 1. The van der Waals surface area contributed by atoms with E-state index in [0.29, 0.717) is 0 Å². The number of piperazine rings is 1. The maximum Gasteiger partial charge on any atom is 0.226 e. The van der Waals surface area contributed by atoms with Crippen LogP contribution in [-0.2, 0) is 24.8 Å². The Kier molecular flexibility index (Phi) is 3.27. The minimum atomic E-state index is 0.728. The van der Waals surface area contributed by atoms with E-state index in [1.54, 1.807) is 17.7 Å². The van der Waals surface area contributed by atoms with Crippen LogP contribution >= 0.6 is 11.3 Å². The van der Waals surface area contributed by atoms with E-state index in [4.69, 9.17) is 9.72 Å². The first kappa shape index (κ1) is 13.0. The first-order valence-electron chi connectivity index (χ1n) is 7.21. The fraction of sp³-hybridized carbons (Fsp3) is 0.615. The Morgan fingerprint density at radius 2 is 2.00 bits per heavy atom. The third-order valence-electron chi connectivity index (χ3n) is 4.00. The van der Waals surface area contributed by atoms with Gasteiger partial charge < -0.3 is 19.1 Å². The molecule has 112 valence electrons. The Balaban J connectivity index is 1.45. The summed E-state index contributed by atoms with van der Waals surface area (Å²) < 4.78 is 7.47. The number of hydrogen-bond acceptors (Lipinski definition) is 7. The van der Waals surface area contributed by atoms with Crippen molar-refractivity contribution < 1.29 is 4.74 Å². The van der Waals surface area contributed by atoms with Gasteiger partial charge in [-0.2, -0.15) is 0 Å². The molecule has 1 saturated heterocycles. The van der Waals surface area contributed by atoms with Gasteiger partial charge in [-0.25, -0.2) is 4.98 Å². The molecule has 0 unspecified atom stereocenters. The number of ether oxygens (including phenoxy) is 1. The Hall–Kier alpha value is -1.67. The molecular weight excluding hydrogens is 288 g/mol. The van der Waals surface area contributed by atoms with Crippen LogP contribution in [0.15, 0.2) is 6.33 Å². The lowest BCUT2D eigenvalue weighted by Gasteiger charge is -2.34. The third kappa shape index (κ3) is 2.38. The van der Waals surface area contributed by atoms with Crippen LogP contribution in [0.4, 0.5) is 11.1 Å². The highest BCUT2D eigenvalue weighted by Gasteiger charge is 2.24. The molecule has 8 heteroatoms. The molecular formula is C13H18N6OS. The molecule has 0 aliphatic carbocycles. The molecule has 0 spiro atoms. The quantitative estimate of drug-likeness (QED) is 0.813. The monoisotopic (exact) mass is 306 g/mol. The molecule has 21 heavy (non-hydrogen) atoms.